The highest BCUT2D eigenvalue weighted by Gasteiger charge is 1.95. The second-order valence-corrected chi connectivity index (χ2v) is 0.632. The summed E-state index contributed by atoms with van der Waals surface area (Å²) < 4.78 is 25.1. The van der Waals surface area contributed by atoms with E-state index in [0.29, 0.717) is 0 Å². The van der Waals surface area contributed by atoms with Gasteiger partial charge in [0.15, 0.2) is 0 Å². The molecule has 3 heteroatoms. The summed E-state index contributed by atoms with van der Waals surface area (Å²) in [5.74, 6) is 0. The lowest BCUT2D eigenvalue weighted by Crippen LogP contribution is -1.91. The predicted octanol–water partition coefficient (Wildman–Crippen LogP) is 1.41. The molecule has 0 saturated heterocycles. The van der Waals surface area contributed by atoms with E-state index in [9.17, 15) is 8.78 Å². The molecule has 0 rings (SSSR count). The van der Waals surface area contributed by atoms with Crippen molar-refractivity contribution in [2.75, 3.05) is 0 Å². The Balaban J connectivity index is 2.63. The molecule has 0 aromatic heterocycles. The fourth-order valence-corrected chi connectivity index (χ4v) is 0.103. The third-order valence-corrected chi connectivity index (χ3v) is 0.239. The number of ether oxygens (including phenoxy) is 1. The number of rotatable bonds is 2. The maximum atomic E-state index is 10.8. The first-order chi connectivity index (χ1) is 2.77. The van der Waals surface area contributed by atoms with Crippen molar-refractivity contribution in [2.24, 2.45) is 0 Å². The van der Waals surface area contributed by atoms with Crippen molar-refractivity contribution in [3.8, 4) is 0 Å². The van der Waals surface area contributed by atoms with Crippen molar-refractivity contribution in [1.82, 2.24) is 0 Å². The standard InChI is InChI=1S/C3H5F2O/c1-2-6-3(4)5/h2-3H,1H3. The SMILES string of the molecule is C[CH]OC(F)F. The summed E-state index contributed by atoms with van der Waals surface area (Å²) >= 11 is 0. The molecule has 0 bridgehead atoms. The van der Waals surface area contributed by atoms with E-state index in [2.05, 4.69) is 4.74 Å². The maximum absolute atomic E-state index is 10.8. The Morgan fingerprint density at radius 2 is 2.17 bits per heavy atom. The van der Waals surface area contributed by atoms with Gasteiger partial charge in [-0.15, -0.1) is 0 Å². The van der Waals surface area contributed by atoms with Gasteiger partial charge >= 0.3 is 6.61 Å². The van der Waals surface area contributed by atoms with Crippen LogP contribution in [-0.2, 0) is 4.74 Å². The molecule has 0 aliphatic carbocycles. The highest BCUT2D eigenvalue weighted by Crippen LogP contribution is 1.94. The van der Waals surface area contributed by atoms with Crippen molar-refractivity contribution in [2.45, 2.75) is 13.5 Å². The average Bonchev–Trinajstić information content (AvgIpc) is 1.35. The third-order valence-electron chi connectivity index (χ3n) is 0.239. The van der Waals surface area contributed by atoms with E-state index in [0.717, 1.165) is 6.61 Å². The molecule has 0 aromatic rings. The second kappa shape index (κ2) is 3.03. The van der Waals surface area contributed by atoms with Crippen LogP contribution in [0.25, 0.3) is 0 Å². The van der Waals surface area contributed by atoms with Crippen LogP contribution in [0.5, 0.6) is 0 Å². The van der Waals surface area contributed by atoms with Gasteiger partial charge in [-0.25, -0.2) is 0 Å². The minimum Gasteiger partial charge on any atom is -0.317 e. The topological polar surface area (TPSA) is 9.23 Å². The maximum Gasteiger partial charge on any atom is 0.345 e. The lowest BCUT2D eigenvalue weighted by Gasteiger charge is -1.91. The Kier molecular flexibility index (Phi) is 2.94. The van der Waals surface area contributed by atoms with Crippen molar-refractivity contribution in [3.63, 3.8) is 0 Å². The first-order valence-electron chi connectivity index (χ1n) is 1.49. The number of halogens is 2. The first kappa shape index (κ1) is 5.82. The molecule has 0 aliphatic rings. The van der Waals surface area contributed by atoms with Gasteiger partial charge in [0.1, 0.15) is 0 Å². The zero-order chi connectivity index (χ0) is 4.99. The molecular weight excluding hydrogens is 90.0 g/mol. The van der Waals surface area contributed by atoms with Gasteiger partial charge in [0.05, 0.1) is 6.61 Å². The summed E-state index contributed by atoms with van der Waals surface area (Å²) in [5.41, 5.74) is 0. The summed E-state index contributed by atoms with van der Waals surface area (Å²) in [6, 6.07) is 0. The minimum absolute atomic E-state index is 0.949. The molecule has 0 atom stereocenters. The van der Waals surface area contributed by atoms with Crippen LogP contribution in [0.15, 0.2) is 0 Å². The van der Waals surface area contributed by atoms with E-state index >= 15 is 0 Å². The summed E-state index contributed by atoms with van der Waals surface area (Å²) in [4.78, 5) is 0. The van der Waals surface area contributed by atoms with Gasteiger partial charge in [-0.2, -0.15) is 8.78 Å². The van der Waals surface area contributed by atoms with Crippen LogP contribution < -0.4 is 0 Å². The van der Waals surface area contributed by atoms with E-state index in [1.54, 1.807) is 0 Å². The molecule has 0 aromatic carbocycles. The van der Waals surface area contributed by atoms with Crippen LogP contribution in [0.4, 0.5) is 8.78 Å². The van der Waals surface area contributed by atoms with E-state index < -0.39 is 6.61 Å². The smallest absolute Gasteiger partial charge is 0.317 e. The number of hydrogen-bond acceptors (Lipinski definition) is 1. The molecule has 6 heavy (non-hydrogen) atoms. The summed E-state index contributed by atoms with van der Waals surface area (Å²) in [5, 5.41) is 0. The molecule has 0 unspecified atom stereocenters. The van der Waals surface area contributed by atoms with Gasteiger partial charge in [0.25, 0.3) is 0 Å². The van der Waals surface area contributed by atoms with Crippen LogP contribution in [0, 0.1) is 6.61 Å². The molecule has 0 N–H and O–H groups in total. The molecule has 0 aliphatic heterocycles. The fourth-order valence-electron chi connectivity index (χ4n) is 0.103. The minimum atomic E-state index is -2.66. The molecule has 0 spiro atoms. The van der Waals surface area contributed by atoms with Gasteiger partial charge in [-0.3, -0.25) is 0 Å². The molecule has 0 saturated carbocycles. The van der Waals surface area contributed by atoms with Gasteiger partial charge in [0, 0.05) is 0 Å². The Bertz CT molecular complexity index is 30.0. The van der Waals surface area contributed by atoms with Gasteiger partial charge in [-0.1, -0.05) is 0 Å². The van der Waals surface area contributed by atoms with Crippen molar-refractivity contribution in [3.05, 3.63) is 6.61 Å². The predicted molar refractivity (Wildman–Crippen MR) is 17.1 cm³/mol. The van der Waals surface area contributed by atoms with E-state index in [-0.39, 0.29) is 0 Å². The highest BCUT2D eigenvalue weighted by molar-refractivity contribution is 4.28. The van der Waals surface area contributed by atoms with Crippen molar-refractivity contribution in [1.29, 1.82) is 0 Å². The zero-order valence-corrected chi connectivity index (χ0v) is 3.32. The molecule has 0 amide bonds. The van der Waals surface area contributed by atoms with Crippen LogP contribution in [0.3, 0.4) is 0 Å². The Labute approximate surface area is 34.9 Å². The molecule has 1 nitrogen and oxygen atoms in total. The largest absolute Gasteiger partial charge is 0.345 e. The Morgan fingerprint density at radius 1 is 1.67 bits per heavy atom. The Hall–Kier alpha value is -0.180. The highest BCUT2D eigenvalue weighted by atomic mass is 19.3. The second-order valence-electron chi connectivity index (χ2n) is 0.632. The van der Waals surface area contributed by atoms with Gasteiger partial charge in [-0.05, 0) is 6.92 Å². The fraction of sp³-hybridized carbons (Fsp3) is 0.667. The van der Waals surface area contributed by atoms with Gasteiger partial charge in [0.2, 0.25) is 0 Å². The van der Waals surface area contributed by atoms with Crippen LogP contribution in [0.2, 0.25) is 0 Å². The quantitative estimate of drug-likeness (QED) is 0.503. The average molecular weight is 95.1 g/mol. The van der Waals surface area contributed by atoms with Crippen molar-refractivity contribution < 1.29 is 13.5 Å². The van der Waals surface area contributed by atoms with Crippen LogP contribution in [-0.4, -0.2) is 6.61 Å². The van der Waals surface area contributed by atoms with E-state index in [4.69, 9.17) is 0 Å². The van der Waals surface area contributed by atoms with E-state index in [1.165, 1.54) is 6.92 Å². The number of hydrogen-bond donors (Lipinski definition) is 0. The molecular formula is C3H5F2O. The summed E-state index contributed by atoms with van der Waals surface area (Å²) in [6.07, 6.45) is 0. The Morgan fingerprint density at radius 3 is 2.17 bits per heavy atom. The first-order valence-corrected chi connectivity index (χ1v) is 1.49. The number of alkyl halides is 2. The lowest BCUT2D eigenvalue weighted by molar-refractivity contribution is -0.1000. The monoisotopic (exact) mass is 95.0 g/mol. The summed E-state index contributed by atoms with van der Waals surface area (Å²) in [7, 11) is 0. The normalized spacial score (nSPS) is 10.0. The molecule has 37 valence electrons. The van der Waals surface area contributed by atoms with Crippen LogP contribution in [0.1, 0.15) is 6.92 Å². The summed E-state index contributed by atoms with van der Waals surface area (Å²) in [6.45, 7) is -0.313. The zero-order valence-electron chi connectivity index (χ0n) is 3.32. The van der Waals surface area contributed by atoms with Gasteiger partial charge < -0.3 is 4.74 Å². The molecule has 0 heterocycles. The van der Waals surface area contributed by atoms with Crippen molar-refractivity contribution >= 4 is 0 Å². The molecule has 1 radical (unpaired) electrons. The molecule has 0 fully saturated rings. The van der Waals surface area contributed by atoms with E-state index in [1.807, 2.05) is 0 Å². The van der Waals surface area contributed by atoms with Crippen LogP contribution >= 0.6 is 0 Å². The third kappa shape index (κ3) is 3.82. The lowest BCUT2D eigenvalue weighted by atomic mass is 10.9.